The zero-order valence-corrected chi connectivity index (χ0v) is 4.85. The van der Waals surface area contributed by atoms with E-state index in [0.717, 1.165) is 0 Å². The summed E-state index contributed by atoms with van der Waals surface area (Å²) >= 11 is 3.86. The van der Waals surface area contributed by atoms with Crippen molar-refractivity contribution in [1.29, 1.82) is 0 Å². The minimum Gasteiger partial charge on any atom is -0.380 e. The molecule has 0 aromatic carbocycles. The van der Waals surface area contributed by atoms with Crippen molar-refractivity contribution in [3.05, 3.63) is 0 Å². The summed E-state index contributed by atoms with van der Waals surface area (Å²) in [5.41, 5.74) is 10.3. The normalized spacial score (nSPS) is 9.62. The Morgan fingerprint density at radius 1 is 1.50 bits per heavy atom. The second-order valence-corrected chi connectivity index (χ2v) is 1.73. The van der Waals surface area contributed by atoms with Gasteiger partial charge in [0, 0.05) is 0 Å². The van der Waals surface area contributed by atoms with Crippen LogP contribution in [0, 0.1) is 0 Å². The van der Waals surface area contributed by atoms with E-state index >= 15 is 0 Å². The van der Waals surface area contributed by atoms with E-state index in [1.54, 1.807) is 0 Å². The van der Waals surface area contributed by atoms with Gasteiger partial charge in [0.15, 0.2) is 5.82 Å². The zero-order valence-electron chi connectivity index (χ0n) is 3.96. The summed E-state index contributed by atoms with van der Waals surface area (Å²) in [7, 11) is 0. The number of nitrogens with zero attached hydrogens (tertiary/aromatic N) is 1. The van der Waals surface area contributed by atoms with Crippen LogP contribution in [0.5, 0.6) is 0 Å². The van der Waals surface area contributed by atoms with Gasteiger partial charge in [-0.3, -0.25) is 0 Å². The highest BCUT2D eigenvalue weighted by atomic mass is 32.1. The fourth-order valence-electron chi connectivity index (χ4n) is 0.311. The minimum absolute atomic E-state index is 0.158. The number of anilines is 2. The number of hydrogen-bond donors (Lipinski definition) is 3. The van der Waals surface area contributed by atoms with Gasteiger partial charge in [-0.15, -0.1) is 12.6 Å². The molecule has 0 aliphatic heterocycles. The topological polar surface area (TPSA) is 78.1 Å². The summed E-state index contributed by atoms with van der Waals surface area (Å²) in [6.07, 6.45) is 0. The molecule has 1 rings (SSSR count). The molecule has 5 heteroatoms. The van der Waals surface area contributed by atoms with Crippen molar-refractivity contribution in [2.45, 2.75) is 4.90 Å². The standard InChI is InChI=1S/C3H5N3OS/c4-2-1(8)3(5)7-6-2/h8H,5H2,(H2,4,6). The molecule has 0 radical (unpaired) electrons. The predicted octanol–water partition coefficient (Wildman–Crippen LogP) is 0.128. The van der Waals surface area contributed by atoms with Gasteiger partial charge in [-0.2, -0.15) is 0 Å². The molecule has 0 amide bonds. The number of thiol groups is 1. The van der Waals surface area contributed by atoms with Gasteiger partial charge in [-0.1, -0.05) is 5.16 Å². The van der Waals surface area contributed by atoms with Gasteiger partial charge >= 0.3 is 0 Å². The number of nitrogens with two attached hydrogens (primary N) is 2. The van der Waals surface area contributed by atoms with Crippen LogP contribution in [-0.2, 0) is 0 Å². The molecule has 0 aliphatic carbocycles. The zero-order chi connectivity index (χ0) is 6.15. The summed E-state index contributed by atoms with van der Waals surface area (Å²) in [5.74, 6) is 0.386. The van der Waals surface area contributed by atoms with Crippen molar-refractivity contribution >= 4 is 24.3 Å². The maximum Gasteiger partial charge on any atom is 0.237 e. The molecule has 0 saturated carbocycles. The first-order valence-corrected chi connectivity index (χ1v) is 2.36. The lowest BCUT2D eigenvalue weighted by Crippen LogP contribution is -1.85. The summed E-state index contributed by atoms with van der Waals surface area (Å²) in [6, 6.07) is 0. The SMILES string of the molecule is Nc1noc(N)c1S. The van der Waals surface area contributed by atoms with Crippen molar-refractivity contribution in [1.82, 2.24) is 5.16 Å². The Balaban J connectivity index is 3.19. The fraction of sp³-hybridized carbons (Fsp3) is 0. The second-order valence-electron chi connectivity index (χ2n) is 1.28. The van der Waals surface area contributed by atoms with E-state index in [-0.39, 0.29) is 11.7 Å². The van der Waals surface area contributed by atoms with Crippen molar-refractivity contribution in [3.63, 3.8) is 0 Å². The van der Waals surface area contributed by atoms with Crippen LogP contribution in [0.3, 0.4) is 0 Å². The molecule has 0 saturated heterocycles. The lowest BCUT2D eigenvalue weighted by molar-refractivity contribution is 0.439. The summed E-state index contributed by atoms with van der Waals surface area (Å²) in [5, 5.41) is 3.32. The van der Waals surface area contributed by atoms with Crippen LogP contribution in [0.4, 0.5) is 11.7 Å². The molecular weight excluding hydrogens is 126 g/mol. The third-order valence-electron chi connectivity index (χ3n) is 0.718. The number of aromatic nitrogens is 1. The van der Waals surface area contributed by atoms with Gasteiger partial charge in [0.25, 0.3) is 0 Å². The molecule has 0 spiro atoms. The van der Waals surface area contributed by atoms with E-state index in [1.807, 2.05) is 0 Å². The first-order chi connectivity index (χ1) is 3.72. The summed E-state index contributed by atoms with van der Waals surface area (Å²) in [4.78, 5) is 0.407. The van der Waals surface area contributed by atoms with Gasteiger partial charge in [-0.25, -0.2) is 0 Å². The van der Waals surface area contributed by atoms with Crippen LogP contribution < -0.4 is 11.5 Å². The lowest BCUT2D eigenvalue weighted by atomic mass is 10.6. The van der Waals surface area contributed by atoms with Gasteiger partial charge in [0.05, 0.1) is 0 Å². The Labute approximate surface area is 51.2 Å². The van der Waals surface area contributed by atoms with E-state index in [2.05, 4.69) is 22.3 Å². The van der Waals surface area contributed by atoms with Crippen molar-refractivity contribution in [3.8, 4) is 0 Å². The predicted molar refractivity (Wildman–Crippen MR) is 32.6 cm³/mol. The summed E-state index contributed by atoms with van der Waals surface area (Å²) in [6.45, 7) is 0. The molecule has 1 aromatic heterocycles. The quantitative estimate of drug-likeness (QED) is 0.437. The first kappa shape index (κ1) is 5.30. The Morgan fingerprint density at radius 3 is 2.25 bits per heavy atom. The number of rotatable bonds is 0. The monoisotopic (exact) mass is 131 g/mol. The highest BCUT2D eigenvalue weighted by molar-refractivity contribution is 7.80. The molecule has 0 aliphatic rings. The van der Waals surface area contributed by atoms with Crippen molar-refractivity contribution in [2.75, 3.05) is 11.5 Å². The highest BCUT2D eigenvalue weighted by Crippen LogP contribution is 2.21. The van der Waals surface area contributed by atoms with E-state index in [1.165, 1.54) is 0 Å². The minimum atomic E-state index is 0.158. The van der Waals surface area contributed by atoms with Crippen LogP contribution >= 0.6 is 12.6 Å². The van der Waals surface area contributed by atoms with E-state index in [0.29, 0.717) is 4.90 Å². The molecule has 0 atom stereocenters. The largest absolute Gasteiger partial charge is 0.380 e. The Morgan fingerprint density at radius 2 is 2.12 bits per heavy atom. The van der Waals surface area contributed by atoms with Gasteiger partial charge < -0.3 is 16.0 Å². The van der Waals surface area contributed by atoms with Gasteiger partial charge in [0.1, 0.15) is 4.90 Å². The smallest absolute Gasteiger partial charge is 0.237 e. The molecule has 44 valence electrons. The molecule has 4 N–H and O–H groups in total. The molecule has 0 fully saturated rings. The highest BCUT2D eigenvalue weighted by Gasteiger charge is 2.03. The van der Waals surface area contributed by atoms with Gasteiger partial charge in [0.2, 0.25) is 5.88 Å². The van der Waals surface area contributed by atoms with Gasteiger partial charge in [-0.05, 0) is 0 Å². The molecule has 1 aromatic rings. The maximum atomic E-state index is 5.18. The molecule has 0 bridgehead atoms. The third kappa shape index (κ3) is 0.604. The number of hydrogen-bond acceptors (Lipinski definition) is 5. The van der Waals surface area contributed by atoms with E-state index < -0.39 is 0 Å². The van der Waals surface area contributed by atoms with Crippen molar-refractivity contribution in [2.24, 2.45) is 0 Å². The second kappa shape index (κ2) is 1.59. The molecule has 0 unspecified atom stereocenters. The van der Waals surface area contributed by atoms with Crippen LogP contribution in [0.15, 0.2) is 9.42 Å². The average Bonchev–Trinajstić information content (AvgIpc) is 1.98. The van der Waals surface area contributed by atoms with Crippen LogP contribution in [0.25, 0.3) is 0 Å². The van der Waals surface area contributed by atoms with E-state index in [4.69, 9.17) is 11.5 Å². The molecule has 4 nitrogen and oxygen atoms in total. The first-order valence-electron chi connectivity index (χ1n) is 1.91. The van der Waals surface area contributed by atoms with E-state index in [9.17, 15) is 0 Å². The molecule has 1 heterocycles. The Bertz CT molecular complexity index is 177. The third-order valence-corrected chi connectivity index (χ3v) is 1.17. The van der Waals surface area contributed by atoms with Crippen LogP contribution in [-0.4, -0.2) is 5.16 Å². The molecule has 8 heavy (non-hydrogen) atoms. The number of nitrogen functional groups attached to an aromatic ring is 2. The maximum absolute atomic E-state index is 5.18. The Hall–Kier alpha value is -0.840. The molecular formula is C3H5N3OS. The Kier molecular flexibility index (Phi) is 1.05. The fourth-order valence-corrected chi connectivity index (χ4v) is 0.393. The average molecular weight is 131 g/mol. The van der Waals surface area contributed by atoms with Crippen LogP contribution in [0.1, 0.15) is 0 Å². The van der Waals surface area contributed by atoms with Crippen LogP contribution in [0.2, 0.25) is 0 Å². The summed E-state index contributed by atoms with van der Waals surface area (Å²) < 4.78 is 4.42. The lowest BCUT2D eigenvalue weighted by Gasteiger charge is -1.79. The van der Waals surface area contributed by atoms with Crippen molar-refractivity contribution < 1.29 is 4.52 Å².